The van der Waals surface area contributed by atoms with Crippen LogP contribution in [0.2, 0.25) is 0 Å². The van der Waals surface area contributed by atoms with Crippen LogP contribution >= 0.6 is 0 Å². The van der Waals surface area contributed by atoms with Crippen molar-refractivity contribution in [1.29, 1.82) is 0 Å². The van der Waals surface area contributed by atoms with Crippen LogP contribution in [0.5, 0.6) is 0 Å². The maximum atomic E-state index is 13.9. The molecule has 0 aromatic heterocycles. The van der Waals surface area contributed by atoms with E-state index >= 15 is 0 Å². The number of carbonyl (C=O) groups excluding carboxylic acids is 1. The summed E-state index contributed by atoms with van der Waals surface area (Å²) < 4.78 is 19.1. The van der Waals surface area contributed by atoms with Crippen molar-refractivity contribution in [2.24, 2.45) is 0 Å². The Bertz CT molecular complexity index is 549. The molecule has 5 nitrogen and oxygen atoms in total. The van der Waals surface area contributed by atoms with Gasteiger partial charge in [-0.15, -0.1) is 0 Å². The van der Waals surface area contributed by atoms with Crippen molar-refractivity contribution in [3.05, 3.63) is 29.6 Å². The van der Waals surface area contributed by atoms with Crippen molar-refractivity contribution in [2.45, 2.75) is 44.8 Å². The summed E-state index contributed by atoms with van der Waals surface area (Å²) in [6.45, 7) is 6.46. The predicted octanol–water partition coefficient (Wildman–Crippen LogP) is 2.44. The molecule has 22 heavy (non-hydrogen) atoms. The van der Waals surface area contributed by atoms with E-state index in [1.165, 1.54) is 18.2 Å². The molecule has 1 amide bonds. The van der Waals surface area contributed by atoms with E-state index in [1.54, 1.807) is 20.8 Å². The van der Waals surface area contributed by atoms with Crippen molar-refractivity contribution < 1.29 is 19.0 Å². The Kier molecular flexibility index (Phi) is 4.72. The molecule has 122 valence electrons. The maximum Gasteiger partial charge on any atom is 0.412 e. The van der Waals surface area contributed by atoms with Gasteiger partial charge in [-0.2, -0.15) is 0 Å². The van der Waals surface area contributed by atoms with Gasteiger partial charge in [0.2, 0.25) is 0 Å². The lowest BCUT2D eigenvalue weighted by molar-refractivity contribution is 0.0610. The Morgan fingerprint density at radius 3 is 2.82 bits per heavy atom. The van der Waals surface area contributed by atoms with Crippen LogP contribution in [0.15, 0.2) is 18.2 Å². The van der Waals surface area contributed by atoms with E-state index in [0.717, 1.165) is 0 Å². The molecular weight excluding hydrogens is 287 g/mol. The fourth-order valence-corrected chi connectivity index (χ4v) is 2.45. The number of amides is 1. The molecule has 0 spiro atoms. The van der Waals surface area contributed by atoms with Crippen LogP contribution in [0.4, 0.5) is 14.9 Å². The molecule has 1 aliphatic heterocycles. The number of ether oxygens (including phenoxy) is 1. The van der Waals surface area contributed by atoms with Crippen molar-refractivity contribution in [3.63, 3.8) is 0 Å². The molecule has 1 fully saturated rings. The van der Waals surface area contributed by atoms with Gasteiger partial charge in [0.05, 0.1) is 5.60 Å². The highest BCUT2D eigenvalue weighted by molar-refractivity contribution is 5.84. The molecule has 0 bridgehead atoms. The van der Waals surface area contributed by atoms with Gasteiger partial charge in [0.15, 0.2) is 0 Å². The van der Waals surface area contributed by atoms with Crippen molar-refractivity contribution in [2.75, 3.05) is 18.4 Å². The summed E-state index contributed by atoms with van der Waals surface area (Å²) in [5, 5.41) is 16.0. The molecule has 2 rings (SSSR count). The molecule has 1 heterocycles. The van der Waals surface area contributed by atoms with Gasteiger partial charge in [-0.05, 0) is 57.5 Å². The Morgan fingerprint density at radius 2 is 2.23 bits per heavy atom. The minimum Gasteiger partial charge on any atom is -0.444 e. The first-order valence-electron chi connectivity index (χ1n) is 7.38. The van der Waals surface area contributed by atoms with E-state index < -0.39 is 23.1 Å². The Morgan fingerprint density at radius 1 is 1.50 bits per heavy atom. The van der Waals surface area contributed by atoms with Gasteiger partial charge in [0, 0.05) is 18.7 Å². The van der Waals surface area contributed by atoms with Gasteiger partial charge < -0.3 is 15.2 Å². The average molecular weight is 310 g/mol. The number of carbonyl (C=O) groups is 1. The van der Waals surface area contributed by atoms with Crippen LogP contribution < -0.4 is 10.6 Å². The highest BCUT2D eigenvalue weighted by atomic mass is 19.1. The van der Waals surface area contributed by atoms with E-state index in [-0.39, 0.29) is 6.42 Å². The fraction of sp³-hybridized carbons (Fsp3) is 0.562. The van der Waals surface area contributed by atoms with Crippen LogP contribution in [0.25, 0.3) is 0 Å². The number of β-amino-alcohol motifs (C(OH)–C–C–N with tert-alkyl or cyclic N) is 1. The molecule has 1 atom stereocenters. The topological polar surface area (TPSA) is 70.6 Å². The smallest absolute Gasteiger partial charge is 0.412 e. The third-order valence-electron chi connectivity index (χ3n) is 3.43. The summed E-state index contributed by atoms with van der Waals surface area (Å²) in [5.74, 6) is -0.393. The summed E-state index contributed by atoms with van der Waals surface area (Å²) in [6.07, 6.45) is 0.192. The number of hydrogen-bond donors (Lipinski definition) is 3. The molecule has 6 heteroatoms. The third kappa shape index (κ3) is 4.68. The van der Waals surface area contributed by atoms with E-state index in [0.29, 0.717) is 30.8 Å². The van der Waals surface area contributed by atoms with Gasteiger partial charge in [-0.1, -0.05) is 0 Å². The quantitative estimate of drug-likeness (QED) is 0.802. The Labute approximate surface area is 129 Å². The van der Waals surface area contributed by atoms with Gasteiger partial charge in [-0.3, -0.25) is 5.32 Å². The largest absolute Gasteiger partial charge is 0.444 e. The number of rotatable bonds is 3. The average Bonchev–Trinajstić information content (AvgIpc) is 2.78. The van der Waals surface area contributed by atoms with Crippen LogP contribution in [0.3, 0.4) is 0 Å². The standard InChI is InChI=1S/C16H23FN2O3/c1-15(2,3)22-14(20)19-12-4-5-13(17)11(8-12)9-16(21)6-7-18-10-16/h4-5,8,18,21H,6-7,9-10H2,1-3H3,(H,19,20). The van der Waals surface area contributed by atoms with Crippen LogP contribution in [0, 0.1) is 5.82 Å². The zero-order valence-electron chi connectivity index (χ0n) is 13.2. The van der Waals surface area contributed by atoms with Crippen molar-refractivity contribution in [1.82, 2.24) is 5.32 Å². The zero-order chi connectivity index (χ0) is 16.4. The summed E-state index contributed by atoms with van der Waals surface area (Å²) >= 11 is 0. The number of halogens is 1. The number of anilines is 1. The van der Waals surface area contributed by atoms with E-state index in [9.17, 15) is 14.3 Å². The zero-order valence-corrected chi connectivity index (χ0v) is 13.2. The fourth-order valence-electron chi connectivity index (χ4n) is 2.45. The van der Waals surface area contributed by atoms with Gasteiger partial charge in [0.25, 0.3) is 0 Å². The molecule has 1 saturated heterocycles. The second-order valence-corrected chi connectivity index (χ2v) is 6.76. The summed E-state index contributed by atoms with van der Waals surface area (Å²) in [7, 11) is 0. The van der Waals surface area contributed by atoms with E-state index in [4.69, 9.17) is 4.74 Å². The SMILES string of the molecule is CC(C)(C)OC(=O)Nc1ccc(F)c(CC2(O)CCNC2)c1. The molecule has 1 aliphatic rings. The first-order valence-corrected chi connectivity index (χ1v) is 7.38. The van der Waals surface area contributed by atoms with Gasteiger partial charge >= 0.3 is 6.09 Å². The maximum absolute atomic E-state index is 13.9. The molecule has 1 aromatic rings. The third-order valence-corrected chi connectivity index (χ3v) is 3.43. The summed E-state index contributed by atoms with van der Waals surface area (Å²) in [4.78, 5) is 11.7. The highest BCUT2D eigenvalue weighted by Gasteiger charge is 2.32. The summed E-state index contributed by atoms with van der Waals surface area (Å²) in [5.41, 5.74) is -0.719. The number of nitrogens with one attached hydrogen (secondary N) is 2. The minimum atomic E-state index is -0.939. The lowest BCUT2D eigenvalue weighted by Gasteiger charge is -2.22. The lowest BCUT2D eigenvalue weighted by Crippen LogP contribution is -2.34. The van der Waals surface area contributed by atoms with Gasteiger partial charge in [0.1, 0.15) is 11.4 Å². The Hall–Kier alpha value is -1.66. The molecule has 1 unspecified atom stereocenters. The van der Waals surface area contributed by atoms with Crippen molar-refractivity contribution in [3.8, 4) is 0 Å². The van der Waals surface area contributed by atoms with Crippen LogP contribution in [-0.2, 0) is 11.2 Å². The number of benzene rings is 1. The highest BCUT2D eigenvalue weighted by Crippen LogP contribution is 2.24. The van der Waals surface area contributed by atoms with E-state index in [1.807, 2.05) is 0 Å². The van der Waals surface area contributed by atoms with Crippen molar-refractivity contribution >= 4 is 11.8 Å². The number of aliphatic hydroxyl groups is 1. The summed E-state index contributed by atoms with van der Waals surface area (Å²) in [6, 6.07) is 4.29. The van der Waals surface area contributed by atoms with Crippen LogP contribution in [-0.4, -0.2) is 35.5 Å². The molecule has 1 aromatic carbocycles. The first-order chi connectivity index (χ1) is 10.2. The lowest BCUT2D eigenvalue weighted by atomic mass is 9.93. The minimum absolute atomic E-state index is 0.204. The van der Waals surface area contributed by atoms with Crippen LogP contribution in [0.1, 0.15) is 32.8 Å². The first kappa shape index (κ1) is 16.7. The molecular formula is C16H23FN2O3. The van der Waals surface area contributed by atoms with E-state index in [2.05, 4.69) is 10.6 Å². The molecule has 0 aliphatic carbocycles. The monoisotopic (exact) mass is 310 g/mol. The second kappa shape index (κ2) is 6.22. The molecule has 3 N–H and O–H groups in total. The molecule has 0 radical (unpaired) electrons. The normalized spacial score (nSPS) is 21.7. The molecule has 0 saturated carbocycles. The van der Waals surface area contributed by atoms with Gasteiger partial charge in [-0.25, -0.2) is 9.18 Å². The second-order valence-electron chi connectivity index (χ2n) is 6.76. The number of hydrogen-bond acceptors (Lipinski definition) is 4. The Balaban J connectivity index is 2.08. The predicted molar refractivity (Wildman–Crippen MR) is 82.4 cm³/mol.